The summed E-state index contributed by atoms with van der Waals surface area (Å²) < 4.78 is 18.1. The summed E-state index contributed by atoms with van der Waals surface area (Å²) in [4.78, 5) is 15.2. The average molecular weight is 210 g/mol. The standard InChI is InChI=1S/C10H11FN2O2/c1-15-8-3-2-7(6-12-8)13-9(14)10(11)4-5-10/h2-3,6H,4-5H2,1H3,(H,13,14). The summed E-state index contributed by atoms with van der Waals surface area (Å²) in [6, 6.07) is 3.23. The largest absolute Gasteiger partial charge is 0.481 e. The molecule has 0 radical (unpaired) electrons. The van der Waals surface area contributed by atoms with Crippen molar-refractivity contribution in [1.29, 1.82) is 0 Å². The van der Waals surface area contributed by atoms with Crippen LogP contribution in [-0.4, -0.2) is 23.7 Å². The number of nitrogens with one attached hydrogen (secondary N) is 1. The van der Waals surface area contributed by atoms with Gasteiger partial charge < -0.3 is 10.1 Å². The van der Waals surface area contributed by atoms with Gasteiger partial charge in [0.15, 0.2) is 5.67 Å². The Morgan fingerprint density at radius 2 is 2.33 bits per heavy atom. The van der Waals surface area contributed by atoms with Crippen molar-refractivity contribution in [2.75, 3.05) is 12.4 Å². The first-order chi connectivity index (χ1) is 7.14. The van der Waals surface area contributed by atoms with Crippen LogP contribution >= 0.6 is 0 Å². The van der Waals surface area contributed by atoms with Crippen LogP contribution in [0.1, 0.15) is 12.8 Å². The van der Waals surface area contributed by atoms with Crippen LogP contribution in [0.15, 0.2) is 18.3 Å². The molecule has 0 atom stereocenters. The van der Waals surface area contributed by atoms with E-state index in [1.165, 1.54) is 13.3 Å². The maximum atomic E-state index is 13.3. The maximum Gasteiger partial charge on any atom is 0.262 e. The average Bonchev–Trinajstić information content (AvgIpc) is 2.99. The fraction of sp³-hybridized carbons (Fsp3) is 0.400. The van der Waals surface area contributed by atoms with E-state index in [2.05, 4.69) is 10.3 Å². The quantitative estimate of drug-likeness (QED) is 0.823. The molecule has 1 saturated carbocycles. The molecule has 1 aliphatic rings. The molecular weight excluding hydrogens is 199 g/mol. The summed E-state index contributed by atoms with van der Waals surface area (Å²) in [6.45, 7) is 0. The molecule has 1 aromatic rings. The molecule has 80 valence electrons. The zero-order chi connectivity index (χ0) is 10.9. The third-order valence-electron chi connectivity index (χ3n) is 2.30. The van der Waals surface area contributed by atoms with Crippen LogP contribution in [0.3, 0.4) is 0 Å². The van der Waals surface area contributed by atoms with Gasteiger partial charge in [-0.15, -0.1) is 0 Å². The molecule has 0 bridgehead atoms. The lowest BCUT2D eigenvalue weighted by atomic mass is 10.3. The number of pyridine rings is 1. The Morgan fingerprint density at radius 3 is 2.80 bits per heavy atom. The predicted molar refractivity (Wildman–Crippen MR) is 52.5 cm³/mol. The van der Waals surface area contributed by atoms with Gasteiger partial charge in [0, 0.05) is 6.07 Å². The van der Waals surface area contributed by atoms with Gasteiger partial charge in [-0.3, -0.25) is 4.79 Å². The molecule has 2 rings (SSSR count). The number of aromatic nitrogens is 1. The second kappa shape index (κ2) is 3.49. The first-order valence-corrected chi connectivity index (χ1v) is 4.64. The van der Waals surface area contributed by atoms with Gasteiger partial charge in [-0.2, -0.15) is 0 Å². The van der Waals surface area contributed by atoms with Gasteiger partial charge >= 0.3 is 0 Å². The molecule has 15 heavy (non-hydrogen) atoms. The van der Waals surface area contributed by atoms with Crippen LogP contribution in [0.25, 0.3) is 0 Å². The van der Waals surface area contributed by atoms with Gasteiger partial charge in [-0.05, 0) is 18.9 Å². The third kappa shape index (κ3) is 2.06. The predicted octanol–water partition coefficient (Wildman–Crippen LogP) is 1.53. The molecule has 1 aliphatic carbocycles. The molecule has 0 saturated heterocycles. The van der Waals surface area contributed by atoms with E-state index in [9.17, 15) is 9.18 Å². The number of nitrogens with zero attached hydrogens (tertiary/aromatic N) is 1. The summed E-state index contributed by atoms with van der Waals surface area (Å²) in [6.07, 6.45) is 2.05. The number of carbonyl (C=O) groups is 1. The van der Waals surface area contributed by atoms with Crippen LogP contribution in [0.2, 0.25) is 0 Å². The van der Waals surface area contributed by atoms with E-state index in [0.29, 0.717) is 24.4 Å². The van der Waals surface area contributed by atoms with Gasteiger partial charge in [0.05, 0.1) is 19.0 Å². The lowest BCUT2D eigenvalue weighted by Gasteiger charge is -2.07. The fourth-order valence-corrected chi connectivity index (χ4v) is 1.15. The molecule has 1 fully saturated rings. The first-order valence-electron chi connectivity index (χ1n) is 4.64. The van der Waals surface area contributed by atoms with E-state index >= 15 is 0 Å². The minimum atomic E-state index is -1.65. The fourth-order valence-electron chi connectivity index (χ4n) is 1.15. The van der Waals surface area contributed by atoms with E-state index in [1.807, 2.05) is 0 Å². The highest BCUT2D eigenvalue weighted by molar-refractivity contribution is 5.99. The van der Waals surface area contributed by atoms with Crippen LogP contribution in [-0.2, 0) is 4.79 Å². The monoisotopic (exact) mass is 210 g/mol. The number of carbonyl (C=O) groups excluding carboxylic acids is 1. The van der Waals surface area contributed by atoms with E-state index in [4.69, 9.17) is 4.74 Å². The highest BCUT2D eigenvalue weighted by Crippen LogP contribution is 2.40. The van der Waals surface area contributed by atoms with Crippen LogP contribution in [0.4, 0.5) is 10.1 Å². The Bertz CT molecular complexity index is 374. The number of hydrogen-bond donors (Lipinski definition) is 1. The first kappa shape index (κ1) is 9.89. The van der Waals surface area contributed by atoms with Crippen molar-refractivity contribution in [3.05, 3.63) is 18.3 Å². The van der Waals surface area contributed by atoms with Crippen molar-refractivity contribution in [3.8, 4) is 5.88 Å². The Balaban J connectivity index is 2.01. The lowest BCUT2D eigenvalue weighted by molar-refractivity contribution is -0.122. The maximum absolute atomic E-state index is 13.3. The van der Waals surface area contributed by atoms with Gasteiger partial charge in [0.2, 0.25) is 5.88 Å². The molecule has 5 heteroatoms. The summed E-state index contributed by atoms with van der Waals surface area (Å²) in [7, 11) is 1.50. The van der Waals surface area contributed by atoms with E-state index < -0.39 is 11.6 Å². The lowest BCUT2D eigenvalue weighted by Crippen LogP contribution is -2.25. The second-order valence-electron chi connectivity index (χ2n) is 3.51. The number of amides is 1. The molecule has 1 aromatic heterocycles. The molecule has 1 amide bonds. The SMILES string of the molecule is COc1ccc(NC(=O)C2(F)CC2)cn1. The number of rotatable bonds is 3. The topological polar surface area (TPSA) is 51.2 Å². The Hall–Kier alpha value is -1.65. The van der Waals surface area contributed by atoms with Gasteiger partial charge in [-0.1, -0.05) is 0 Å². The second-order valence-corrected chi connectivity index (χ2v) is 3.51. The number of halogens is 1. The molecular formula is C10H11FN2O2. The summed E-state index contributed by atoms with van der Waals surface area (Å²) in [5.74, 6) is -0.135. The smallest absolute Gasteiger partial charge is 0.262 e. The van der Waals surface area contributed by atoms with E-state index in [1.54, 1.807) is 12.1 Å². The van der Waals surface area contributed by atoms with Crippen molar-refractivity contribution in [2.24, 2.45) is 0 Å². The number of methoxy groups -OCH3 is 1. The highest BCUT2D eigenvalue weighted by atomic mass is 19.1. The molecule has 0 spiro atoms. The zero-order valence-electron chi connectivity index (χ0n) is 8.29. The van der Waals surface area contributed by atoms with Crippen molar-refractivity contribution >= 4 is 11.6 Å². The highest BCUT2D eigenvalue weighted by Gasteiger charge is 2.50. The Labute approximate surface area is 86.5 Å². The van der Waals surface area contributed by atoms with Crippen LogP contribution in [0, 0.1) is 0 Å². The normalized spacial score (nSPS) is 16.9. The Kier molecular flexibility index (Phi) is 2.30. The number of anilines is 1. The van der Waals surface area contributed by atoms with E-state index in [0.717, 1.165) is 0 Å². The zero-order valence-corrected chi connectivity index (χ0v) is 8.29. The number of alkyl halides is 1. The summed E-state index contributed by atoms with van der Waals surface area (Å²) >= 11 is 0. The molecule has 1 N–H and O–H groups in total. The molecule has 0 aliphatic heterocycles. The number of ether oxygens (including phenoxy) is 1. The van der Waals surface area contributed by atoms with Crippen LogP contribution in [0.5, 0.6) is 5.88 Å². The van der Waals surface area contributed by atoms with Gasteiger partial charge in [0.25, 0.3) is 5.91 Å². The van der Waals surface area contributed by atoms with Crippen LogP contribution < -0.4 is 10.1 Å². The summed E-state index contributed by atoms with van der Waals surface area (Å²) in [5, 5.41) is 2.46. The number of hydrogen-bond acceptors (Lipinski definition) is 3. The van der Waals surface area contributed by atoms with Crippen molar-refractivity contribution < 1.29 is 13.9 Å². The minimum Gasteiger partial charge on any atom is -0.481 e. The van der Waals surface area contributed by atoms with Gasteiger partial charge in [-0.25, -0.2) is 9.37 Å². The Morgan fingerprint density at radius 1 is 1.60 bits per heavy atom. The molecule has 0 aromatic carbocycles. The molecule has 1 heterocycles. The van der Waals surface area contributed by atoms with Crippen molar-refractivity contribution in [3.63, 3.8) is 0 Å². The minimum absolute atomic E-state index is 0.308. The molecule has 4 nitrogen and oxygen atoms in total. The van der Waals surface area contributed by atoms with Crippen molar-refractivity contribution in [2.45, 2.75) is 18.5 Å². The van der Waals surface area contributed by atoms with Crippen molar-refractivity contribution in [1.82, 2.24) is 4.98 Å². The van der Waals surface area contributed by atoms with Gasteiger partial charge in [0.1, 0.15) is 0 Å². The van der Waals surface area contributed by atoms with E-state index in [-0.39, 0.29) is 0 Å². The third-order valence-corrected chi connectivity index (χ3v) is 2.30. The summed E-state index contributed by atoms with van der Waals surface area (Å²) in [5.41, 5.74) is -1.18. The molecule has 0 unspecified atom stereocenters.